The van der Waals surface area contributed by atoms with E-state index in [2.05, 4.69) is 65.6 Å². The third-order valence-corrected chi connectivity index (χ3v) is 6.43. The van der Waals surface area contributed by atoms with Crippen molar-refractivity contribution in [3.63, 3.8) is 0 Å². The van der Waals surface area contributed by atoms with E-state index in [1.807, 2.05) is 0 Å². The van der Waals surface area contributed by atoms with Crippen LogP contribution < -0.4 is 0 Å². The normalized spacial score (nSPS) is 19.8. The molecule has 0 amide bonds. The first-order chi connectivity index (χ1) is 13.8. The molecule has 1 atom stereocenters. The van der Waals surface area contributed by atoms with Crippen LogP contribution in [0.25, 0.3) is 0 Å². The fraction of sp³-hybridized carbons (Fsp3) is 0.423. The maximum absolute atomic E-state index is 12.3. The number of carbonyl (C=O) groups excluding carboxylic acids is 1. The Morgan fingerprint density at radius 2 is 1.39 bits per heavy atom. The van der Waals surface area contributed by atoms with Crippen LogP contribution in [0.1, 0.15) is 49.7 Å². The van der Waals surface area contributed by atoms with Gasteiger partial charge in [-0.3, -0.25) is 9.69 Å². The Morgan fingerprint density at radius 1 is 0.786 bits per heavy atom. The van der Waals surface area contributed by atoms with Crippen molar-refractivity contribution in [2.24, 2.45) is 0 Å². The molecule has 0 saturated heterocycles. The Kier molecular flexibility index (Phi) is 6.38. The van der Waals surface area contributed by atoms with Gasteiger partial charge in [-0.2, -0.15) is 0 Å². The van der Waals surface area contributed by atoms with E-state index in [1.54, 1.807) is 0 Å². The Morgan fingerprint density at radius 3 is 2.00 bits per heavy atom. The van der Waals surface area contributed by atoms with Crippen LogP contribution >= 0.6 is 0 Å². The number of ketones is 1. The van der Waals surface area contributed by atoms with E-state index < -0.39 is 0 Å². The van der Waals surface area contributed by atoms with Gasteiger partial charge in [0.1, 0.15) is 0 Å². The minimum Gasteiger partial charge on any atom is -0.299 e. The standard InChI is InChI=1S/C26H31NO/c28-26-13-7-12-23-20-24(14-15-25(23)26)27(18-16-21-8-3-1-4-9-21)19-17-22-10-5-2-6-11-22/h1-6,8-11,24H,7,12-20H2. The van der Waals surface area contributed by atoms with E-state index in [0.29, 0.717) is 11.8 Å². The van der Waals surface area contributed by atoms with Crippen LogP contribution in [0.5, 0.6) is 0 Å². The summed E-state index contributed by atoms with van der Waals surface area (Å²) in [5.74, 6) is 0.430. The second-order valence-corrected chi connectivity index (χ2v) is 8.26. The number of benzene rings is 2. The van der Waals surface area contributed by atoms with Crippen molar-refractivity contribution in [3.8, 4) is 0 Å². The van der Waals surface area contributed by atoms with Gasteiger partial charge in [0.15, 0.2) is 5.78 Å². The Bertz CT molecular complexity index is 765. The van der Waals surface area contributed by atoms with Crippen LogP contribution in [0, 0.1) is 0 Å². The molecule has 0 bridgehead atoms. The summed E-state index contributed by atoms with van der Waals surface area (Å²) in [5, 5.41) is 0. The molecule has 1 unspecified atom stereocenters. The molecule has 2 heteroatoms. The number of nitrogens with zero attached hydrogens (tertiary/aromatic N) is 1. The van der Waals surface area contributed by atoms with Gasteiger partial charge in [0.25, 0.3) is 0 Å². The van der Waals surface area contributed by atoms with Crippen LogP contribution in [0.15, 0.2) is 71.8 Å². The lowest BCUT2D eigenvalue weighted by molar-refractivity contribution is -0.116. The molecule has 2 nitrogen and oxygen atoms in total. The molecule has 146 valence electrons. The van der Waals surface area contributed by atoms with Gasteiger partial charge in [-0.15, -0.1) is 0 Å². The molecule has 2 aromatic rings. The zero-order chi connectivity index (χ0) is 19.2. The molecule has 2 aliphatic carbocycles. The quantitative estimate of drug-likeness (QED) is 0.650. The molecular weight excluding hydrogens is 342 g/mol. The number of Topliss-reactive ketones (excluding diaryl/α,β-unsaturated/α-hetero) is 1. The van der Waals surface area contributed by atoms with Crippen LogP contribution in [0.3, 0.4) is 0 Å². The first-order valence-corrected chi connectivity index (χ1v) is 10.9. The minimum atomic E-state index is 0.430. The lowest BCUT2D eigenvalue weighted by atomic mass is 9.79. The lowest BCUT2D eigenvalue weighted by Crippen LogP contribution is -2.41. The second-order valence-electron chi connectivity index (χ2n) is 8.26. The van der Waals surface area contributed by atoms with Gasteiger partial charge >= 0.3 is 0 Å². The minimum absolute atomic E-state index is 0.430. The predicted molar refractivity (Wildman–Crippen MR) is 115 cm³/mol. The molecular formula is C26H31NO. The Balaban J connectivity index is 1.45. The molecule has 0 radical (unpaired) electrons. The van der Waals surface area contributed by atoms with Gasteiger partial charge in [0.2, 0.25) is 0 Å². The summed E-state index contributed by atoms with van der Waals surface area (Å²) in [6.45, 7) is 2.19. The van der Waals surface area contributed by atoms with Gasteiger partial charge in [0, 0.05) is 25.6 Å². The third kappa shape index (κ3) is 4.80. The van der Waals surface area contributed by atoms with Crippen molar-refractivity contribution in [1.82, 2.24) is 4.90 Å². The van der Waals surface area contributed by atoms with Crippen LogP contribution in [-0.2, 0) is 17.6 Å². The van der Waals surface area contributed by atoms with E-state index in [1.165, 1.54) is 22.3 Å². The van der Waals surface area contributed by atoms with Gasteiger partial charge in [-0.25, -0.2) is 0 Å². The van der Waals surface area contributed by atoms with E-state index in [9.17, 15) is 4.79 Å². The zero-order valence-corrected chi connectivity index (χ0v) is 16.8. The molecule has 0 saturated carbocycles. The second kappa shape index (κ2) is 9.34. The van der Waals surface area contributed by atoms with Crippen LogP contribution in [0.2, 0.25) is 0 Å². The maximum Gasteiger partial charge on any atom is 0.158 e. The molecule has 0 aliphatic heterocycles. The molecule has 2 aromatic carbocycles. The van der Waals surface area contributed by atoms with Crippen LogP contribution in [0.4, 0.5) is 0 Å². The monoisotopic (exact) mass is 373 g/mol. The Labute approximate surface area is 169 Å². The zero-order valence-electron chi connectivity index (χ0n) is 16.8. The summed E-state index contributed by atoms with van der Waals surface area (Å²) in [7, 11) is 0. The summed E-state index contributed by atoms with van der Waals surface area (Å²) in [6, 6.07) is 22.2. The number of rotatable bonds is 7. The van der Waals surface area contributed by atoms with Crippen molar-refractivity contribution in [1.29, 1.82) is 0 Å². The number of allylic oxidation sites excluding steroid dienone is 1. The average Bonchev–Trinajstić information content (AvgIpc) is 2.75. The van der Waals surface area contributed by atoms with E-state index in [-0.39, 0.29) is 0 Å². The van der Waals surface area contributed by atoms with E-state index >= 15 is 0 Å². The fourth-order valence-corrected chi connectivity index (χ4v) is 4.82. The topological polar surface area (TPSA) is 20.3 Å². The van der Waals surface area contributed by atoms with Crippen LogP contribution in [-0.4, -0.2) is 29.8 Å². The molecule has 4 rings (SSSR count). The molecule has 0 fully saturated rings. The molecule has 0 heterocycles. The van der Waals surface area contributed by atoms with Crippen molar-refractivity contribution in [2.45, 2.75) is 57.4 Å². The molecule has 0 spiro atoms. The highest BCUT2D eigenvalue weighted by Gasteiger charge is 2.30. The first kappa shape index (κ1) is 19.1. The van der Waals surface area contributed by atoms with Crippen molar-refractivity contribution < 1.29 is 4.79 Å². The van der Waals surface area contributed by atoms with E-state index in [0.717, 1.165) is 64.5 Å². The SMILES string of the molecule is O=C1CCCC2=C1CCC(N(CCc1ccccc1)CCc1ccccc1)C2. The molecule has 28 heavy (non-hydrogen) atoms. The highest BCUT2D eigenvalue weighted by molar-refractivity contribution is 5.97. The summed E-state index contributed by atoms with van der Waals surface area (Å²) >= 11 is 0. The smallest absolute Gasteiger partial charge is 0.158 e. The number of hydrogen-bond acceptors (Lipinski definition) is 2. The summed E-state index contributed by atoms with van der Waals surface area (Å²) in [5.41, 5.74) is 5.48. The van der Waals surface area contributed by atoms with Gasteiger partial charge in [0.05, 0.1) is 0 Å². The van der Waals surface area contributed by atoms with Gasteiger partial charge < -0.3 is 0 Å². The third-order valence-electron chi connectivity index (χ3n) is 6.43. The Hall–Kier alpha value is -2.19. The van der Waals surface area contributed by atoms with E-state index in [4.69, 9.17) is 0 Å². The number of hydrogen-bond donors (Lipinski definition) is 0. The summed E-state index contributed by atoms with van der Waals surface area (Å²) < 4.78 is 0. The average molecular weight is 374 g/mol. The molecule has 2 aliphatic rings. The van der Waals surface area contributed by atoms with Gasteiger partial charge in [-0.05, 0) is 61.6 Å². The highest BCUT2D eigenvalue weighted by atomic mass is 16.1. The summed E-state index contributed by atoms with van der Waals surface area (Å²) in [4.78, 5) is 15.0. The summed E-state index contributed by atoms with van der Waals surface area (Å²) in [6.07, 6.45) is 8.38. The number of carbonyl (C=O) groups is 1. The highest BCUT2D eigenvalue weighted by Crippen LogP contribution is 2.35. The maximum atomic E-state index is 12.3. The molecule has 0 N–H and O–H groups in total. The first-order valence-electron chi connectivity index (χ1n) is 10.9. The van der Waals surface area contributed by atoms with Crippen molar-refractivity contribution in [3.05, 3.63) is 82.9 Å². The fourth-order valence-electron chi connectivity index (χ4n) is 4.82. The van der Waals surface area contributed by atoms with Crippen molar-refractivity contribution >= 4 is 5.78 Å². The van der Waals surface area contributed by atoms with Crippen molar-refractivity contribution in [2.75, 3.05) is 13.1 Å². The predicted octanol–water partition coefficient (Wildman–Crippen LogP) is 5.38. The lowest BCUT2D eigenvalue weighted by Gasteiger charge is -2.37. The van der Waals surface area contributed by atoms with Gasteiger partial charge in [-0.1, -0.05) is 66.2 Å². The largest absolute Gasteiger partial charge is 0.299 e. The molecule has 0 aromatic heterocycles.